The number of nitrogens with two attached hydrogens (primary N) is 1. The first-order valence-electron chi connectivity index (χ1n) is 5.62. The Morgan fingerprint density at radius 3 is 2.59 bits per heavy atom. The molecule has 1 unspecified atom stereocenters. The summed E-state index contributed by atoms with van der Waals surface area (Å²) in [6.45, 7) is 1.96. The van der Waals surface area contributed by atoms with Gasteiger partial charge in [-0.05, 0) is 37.5 Å². The second kappa shape index (κ2) is 3.94. The van der Waals surface area contributed by atoms with Crippen LogP contribution in [0.1, 0.15) is 30.9 Å². The maximum atomic E-state index is 9.86. The molecule has 0 saturated heterocycles. The normalized spacial score (nSPS) is 18.2. The number of aromatic hydroxyl groups is 1. The Kier molecular flexibility index (Phi) is 2.72. The van der Waals surface area contributed by atoms with E-state index in [1.54, 1.807) is 12.1 Å². The third-order valence-corrected chi connectivity index (χ3v) is 3.63. The van der Waals surface area contributed by atoms with Gasteiger partial charge in [-0.1, -0.05) is 0 Å². The molecular formula is C13H16N2O2. The average molecular weight is 232 g/mol. The van der Waals surface area contributed by atoms with Gasteiger partial charge in [0.25, 0.3) is 0 Å². The van der Waals surface area contributed by atoms with Crippen molar-refractivity contribution in [3.05, 3.63) is 23.3 Å². The van der Waals surface area contributed by atoms with Crippen LogP contribution in [0.25, 0.3) is 0 Å². The highest BCUT2D eigenvalue weighted by Gasteiger charge is 2.47. The van der Waals surface area contributed by atoms with E-state index in [4.69, 9.17) is 15.7 Å². The topological polar surface area (TPSA) is 79.3 Å². The standard InChI is InChI=1S/C13H16N2O2/c1-8(15)13(3-4-13)10-5-9(7-14)12(17-2)11(16)6-10/h5-6,8,16H,3-4,15H2,1-2H3. The Labute approximate surface area is 101 Å². The number of ether oxygens (including phenoxy) is 1. The quantitative estimate of drug-likeness (QED) is 0.830. The van der Waals surface area contributed by atoms with E-state index in [0.29, 0.717) is 5.56 Å². The third-order valence-electron chi connectivity index (χ3n) is 3.63. The number of phenolic OH excluding ortho intramolecular Hbond substituents is 1. The number of benzene rings is 1. The number of methoxy groups -OCH3 is 1. The van der Waals surface area contributed by atoms with Crippen molar-refractivity contribution in [2.75, 3.05) is 7.11 Å². The lowest BCUT2D eigenvalue weighted by molar-refractivity contribution is 0.371. The van der Waals surface area contributed by atoms with Gasteiger partial charge in [0.15, 0.2) is 11.5 Å². The van der Waals surface area contributed by atoms with Gasteiger partial charge in [0.05, 0.1) is 12.7 Å². The number of hydrogen-bond donors (Lipinski definition) is 2. The smallest absolute Gasteiger partial charge is 0.178 e. The second-order valence-electron chi connectivity index (χ2n) is 4.63. The van der Waals surface area contributed by atoms with Gasteiger partial charge >= 0.3 is 0 Å². The molecule has 2 rings (SSSR count). The van der Waals surface area contributed by atoms with Gasteiger partial charge in [0.2, 0.25) is 0 Å². The summed E-state index contributed by atoms with van der Waals surface area (Å²) < 4.78 is 5.01. The molecule has 1 saturated carbocycles. The molecule has 1 aromatic rings. The van der Waals surface area contributed by atoms with Gasteiger partial charge in [0.1, 0.15) is 6.07 Å². The Balaban J connectivity index is 2.52. The maximum Gasteiger partial charge on any atom is 0.178 e. The van der Waals surface area contributed by atoms with E-state index < -0.39 is 0 Å². The Morgan fingerprint density at radius 1 is 1.53 bits per heavy atom. The van der Waals surface area contributed by atoms with Gasteiger partial charge in [-0.3, -0.25) is 0 Å². The van der Waals surface area contributed by atoms with Crippen molar-refractivity contribution < 1.29 is 9.84 Å². The van der Waals surface area contributed by atoms with Crippen LogP contribution in [-0.2, 0) is 5.41 Å². The molecule has 4 heteroatoms. The lowest BCUT2D eigenvalue weighted by atomic mass is 9.88. The fraction of sp³-hybridized carbons (Fsp3) is 0.462. The van der Waals surface area contributed by atoms with E-state index in [0.717, 1.165) is 18.4 Å². The molecule has 0 radical (unpaired) electrons. The van der Waals surface area contributed by atoms with Crippen molar-refractivity contribution in [3.8, 4) is 17.6 Å². The Hall–Kier alpha value is -1.73. The molecule has 1 aliphatic rings. The Morgan fingerprint density at radius 2 is 2.18 bits per heavy atom. The largest absolute Gasteiger partial charge is 0.504 e. The summed E-state index contributed by atoms with van der Waals surface area (Å²) in [5.41, 5.74) is 7.20. The molecule has 0 bridgehead atoms. The highest BCUT2D eigenvalue weighted by atomic mass is 16.5. The number of phenols is 1. The predicted octanol–water partition coefficient (Wildman–Crippen LogP) is 1.65. The van der Waals surface area contributed by atoms with Crippen LogP contribution in [0.4, 0.5) is 0 Å². The van der Waals surface area contributed by atoms with Crippen LogP contribution >= 0.6 is 0 Å². The molecule has 1 aromatic carbocycles. The van der Waals surface area contributed by atoms with Crippen molar-refractivity contribution in [2.24, 2.45) is 5.73 Å². The number of rotatable bonds is 3. The molecule has 1 atom stereocenters. The third kappa shape index (κ3) is 1.73. The molecule has 1 fully saturated rings. The number of nitrogens with zero attached hydrogens (tertiary/aromatic N) is 1. The minimum Gasteiger partial charge on any atom is -0.504 e. The van der Waals surface area contributed by atoms with Crippen LogP contribution in [-0.4, -0.2) is 18.3 Å². The zero-order valence-electron chi connectivity index (χ0n) is 10.0. The minimum absolute atomic E-state index is 0.00785. The van der Waals surface area contributed by atoms with Crippen LogP contribution in [0, 0.1) is 11.3 Å². The lowest BCUT2D eigenvalue weighted by Gasteiger charge is -2.21. The van der Waals surface area contributed by atoms with E-state index in [1.165, 1.54) is 7.11 Å². The molecular weight excluding hydrogens is 216 g/mol. The van der Waals surface area contributed by atoms with E-state index in [9.17, 15) is 5.11 Å². The molecule has 3 N–H and O–H groups in total. The molecule has 90 valence electrons. The molecule has 0 aliphatic heterocycles. The zero-order chi connectivity index (χ0) is 12.6. The summed E-state index contributed by atoms with van der Waals surface area (Å²) in [6, 6.07) is 5.49. The van der Waals surface area contributed by atoms with E-state index in [2.05, 4.69) is 0 Å². The fourth-order valence-corrected chi connectivity index (χ4v) is 2.34. The molecule has 0 amide bonds. The summed E-state index contributed by atoms with van der Waals surface area (Å²) in [7, 11) is 1.44. The van der Waals surface area contributed by atoms with Crippen molar-refractivity contribution >= 4 is 0 Å². The molecule has 0 aromatic heterocycles. The second-order valence-corrected chi connectivity index (χ2v) is 4.63. The zero-order valence-corrected chi connectivity index (χ0v) is 10.0. The van der Waals surface area contributed by atoms with Crippen LogP contribution in [0.2, 0.25) is 0 Å². The Bertz CT molecular complexity index is 485. The summed E-state index contributed by atoms with van der Waals surface area (Å²) in [4.78, 5) is 0. The monoisotopic (exact) mass is 232 g/mol. The molecule has 0 heterocycles. The van der Waals surface area contributed by atoms with Crippen molar-refractivity contribution in [3.63, 3.8) is 0 Å². The van der Waals surface area contributed by atoms with Crippen LogP contribution in [0.5, 0.6) is 11.5 Å². The van der Waals surface area contributed by atoms with Crippen molar-refractivity contribution in [1.29, 1.82) is 5.26 Å². The highest BCUT2D eigenvalue weighted by molar-refractivity contribution is 5.56. The summed E-state index contributed by atoms with van der Waals surface area (Å²) in [5.74, 6) is 0.241. The first-order valence-corrected chi connectivity index (χ1v) is 5.62. The minimum atomic E-state index is -0.0741. The van der Waals surface area contributed by atoms with Crippen LogP contribution in [0.15, 0.2) is 12.1 Å². The highest BCUT2D eigenvalue weighted by Crippen LogP contribution is 2.52. The first-order chi connectivity index (χ1) is 8.05. The van der Waals surface area contributed by atoms with E-state index in [-0.39, 0.29) is 23.0 Å². The lowest BCUT2D eigenvalue weighted by Crippen LogP contribution is -2.31. The summed E-state index contributed by atoms with van der Waals surface area (Å²) in [5, 5.41) is 18.9. The van der Waals surface area contributed by atoms with Gasteiger partial charge in [-0.15, -0.1) is 0 Å². The number of nitriles is 1. The van der Waals surface area contributed by atoms with Gasteiger partial charge in [-0.2, -0.15) is 5.26 Å². The van der Waals surface area contributed by atoms with Crippen molar-refractivity contribution in [2.45, 2.75) is 31.2 Å². The van der Waals surface area contributed by atoms with Gasteiger partial charge in [-0.25, -0.2) is 0 Å². The van der Waals surface area contributed by atoms with E-state index in [1.807, 2.05) is 13.0 Å². The van der Waals surface area contributed by atoms with Crippen molar-refractivity contribution in [1.82, 2.24) is 0 Å². The van der Waals surface area contributed by atoms with Gasteiger partial charge < -0.3 is 15.6 Å². The predicted molar refractivity (Wildman–Crippen MR) is 63.9 cm³/mol. The average Bonchev–Trinajstić information content (AvgIpc) is 3.08. The van der Waals surface area contributed by atoms with Crippen LogP contribution in [0.3, 0.4) is 0 Å². The summed E-state index contributed by atoms with van der Waals surface area (Å²) >= 11 is 0. The molecule has 0 spiro atoms. The molecule has 17 heavy (non-hydrogen) atoms. The number of hydrogen-bond acceptors (Lipinski definition) is 4. The molecule has 4 nitrogen and oxygen atoms in total. The summed E-state index contributed by atoms with van der Waals surface area (Å²) in [6.07, 6.45) is 2.00. The fourth-order valence-electron chi connectivity index (χ4n) is 2.34. The SMILES string of the molecule is COc1c(O)cc(C2(C(C)N)CC2)cc1C#N. The van der Waals surface area contributed by atoms with E-state index >= 15 is 0 Å². The maximum absolute atomic E-state index is 9.86. The first kappa shape index (κ1) is 11.7. The van der Waals surface area contributed by atoms with Crippen LogP contribution < -0.4 is 10.5 Å². The van der Waals surface area contributed by atoms with Gasteiger partial charge in [0, 0.05) is 11.5 Å². The molecule has 1 aliphatic carbocycles.